The molecule has 1 aromatic rings. The minimum absolute atomic E-state index is 0.0580. The highest BCUT2D eigenvalue weighted by Gasteiger charge is 2.15. The molecule has 5 nitrogen and oxygen atoms in total. The minimum Gasteiger partial charge on any atom is -0.481 e. The van der Waals surface area contributed by atoms with Crippen molar-refractivity contribution in [2.45, 2.75) is 19.8 Å². The molecule has 0 saturated heterocycles. The van der Waals surface area contributed by atoms with Gasteiger partial charge in [-0.3, -0.25) is 4.79 Å². The minimum atomic E-state index is -1.02. The van der Waals surface area contributed by atoms with Gasteiger partial charge >= 0.3 is 11.9 Å². The Balaban J connectivity index is 2.86. The molecule has 1 rings (SSSR count). The zero-order valence-corrected chi connectivity index (χ0v) is 7.70. The topological polar surface area (TPSA) is 90.4 Å². The van der Waals surface area contributed by atoms with Gasteiger partial charge in [-0.2, -0.15) is 0 Å². The normalized spacial score (nSPS) is 10.1. The predicted octanol–water partition coefficient (Wildman–Crippen LogP) is 1.04. The standard InChI is InChI=1S/C9H11NO4/c1-5-8(9(13)14)6(4-10-5)2-3-7(11)12/h4,10H,2-3H2,1H3,(H,11,12)(H,13,14). The van der Waals surface area contributed by atoms with Crippen LogP contribution in [0.2, 0.25) is 0 Å². The summed E-state index contributed by atoms with van der Waals surface area (Å²) in [6.45, 7) is 1.65. The van der Waals surface area contributed by atoms with Crippen LogP contribution in [0, 0.1) is 6.92 Å². The number of carboxylic acid groups (broad SMARTS) is 2. The molecule has 0 spiro atoms. The van der Waals surface area contributed by atoms with Crippen molar-refractivity contribution < 1.29 is 19.8 Å². The highest BCUT2D eigenvalue weighted by molar-refractivity contribution is 5.90. The zero-order valence-electron chi connectivity index (χ0n) is 7.70. The Kier molecular flexibility index (Phi) is 2.91. The van der Waals surface area contributed by atoms with E-state index in [0.717, 1.165) is 0 Å². The Labute approximate surface area is 80.4 Å². The predicted molar refractivity (Wildman–Crippen MR) is 48.4 cm³/mol. The van der Waals surface area contributed by atoms with Crippen LogP contribution in [-0.2, 0) is 11.2 Å². The van der Waals surface area contributed by atoms with Gasteiger partial charge in [-0.05, 0) is 18.9 Å². The molecule has 1 aromatic heterocycles. The van der Waals surface area contributed by atoms with Gasteiger partial charge in [0.15, 0.2) is 0 Å². The third kappa shape index (κ3) is 2.12. The number of nitrogens with one attached hydrogen (secondary N) is 1. The van der Waals surface area contributed by atoms with E-state index < -0.39 is 11.9 Å². The maximum Gasteiger partial charge on any atom is 0.337 e. The van der Waals surface area contributed by atoms with Crippen LogP contribution in [0.5, 0.6) is 0 Å². The van der Waals surface area contributed by atoms with Crippen LogP contribution < -0.4 is 0 Å². The molecule has 0 amide bonds. The maximum atomic E-state index is 10.8. The van der Waals surface area contributed by atoms with Crippen molar-refractivity contribution in [1.82, 2.24) is 4.98 Å². The first kappa shape index (κ1) is 10.3. The quantitative estimate of drug-likeness (QED) is 0.672. The van der Waals surface area contributed by atoms with Gasteiger partial charge in [0.05, 0.1) is 5.56 Å². The lowest BCUT2D eigenvalue weighted by atomic mass is 10.1. The SMILES string of the molecule is Cc1[nH]cc(CCC(=O)O)c1C(=O)O. The van der Waals surface area contributed by atoms with Crippen LogP contribution in [-0.4, -0.2) is 27.1 Å². The summed E-state index contributed by atoms with van der Waals surface area (Å²) in [5.41, 5.74) is 1.28. The number of hydrogen-bond donors (Lipinski definition) is 3. The molecule has 14 heavy (non-hydrogen) atoms. The molecule has 0 fully saturated rings. The highest BCUT2D eigenvalue weighted by Crippen LogP contribution is 2.15. The Morgan fingerprint density at radius 2 is 2.07 bits per heavy atom. The van der Waals surface area contributed by atoms with Gasteiger partial charge in [-0.25, -0.2) is 4.79 Å². The van der Waals surface area contributed by atoms with E-state index in [4.69, 9.17) is 10.2 Å². The first-order chi connectivity index (χ1) is 6.52. The summed E-state index contributed by atoms with van der Waals surface area (Å²) in [6, 6.07) is 0. The molecule has 0 atom stereocenters. The number of aromatic nitrogens is 1. The van der Waals surface area contributed by atoms with Crippen LogP contribution in [0.4, 0.5) is 0 Å². The largest absolute Gasteiger partial charge is 0.481 e. The second-order valence-electron chi connectivity index (χ2n) is 3.01. The highest BCUT2D eigenvalue weighted by atomic mass is 16.4. The summed E-state index contributed by atoms with van der Waals surface area (Å²) < 4.78 is 0. The van der Waals surface area contributed by atoms with Crippen molar-refractivity contribution in [2.24, 2.45) is 0 Å². The number of carbonyl (C=O) groups is 2. The van der Waals surface area contributed by atoms with E-state index in [1.807, 2.05) is 0 Å². The van der Waals surface area contributed by atoms with Crippen LogP contribution in [0.15, 0.2) is 6.20 Å². The Morgan fingerprint density at radius 1 is 1.43 bits per heavy atom. The van der Waals surface area contributed by atoms with E-state index in [0.29, 0.717) is 11.3 Å². The van der Waals surface area contributed by atoms with Gasteiger partial charge in [0.2, 0.25) is 0 Å². The fraction of sp³-hybridized carbons (Fsp3) is 0.333. The summed E-state index contributed by atoms with van der Waals surface area (Å²) >= 11 is 0. The smallest absolute Gasteiger partial charge is 0.337 e. The second kappa shape index (κ2) is 3.95. The molecule has 1 heterocycles. The van der Waals surface area contributed by atoms with Gasteiger partial charge in [0.25, 0.3) is 0 Å². The number of aromatic carboxylic acids is 1. The molecule has 0 aliphatic rings. The third-order valence-electron chi connectivity index (χ3n) is 1.98. The summed E-state index contributed by atoms with van der Waals surface area (Å²) in [5, 5.41) is 17.3. The number of rotatable bonds is 4. The van der Waals surface area contributed by atoms with Crippen molar-refractivity contribution in [3.05, 3.63) is 23.0 Å². The van der Waals surface area contributed by atoms with Gasteiger partial charge in [-0.15, -0.1) is 0 Å². The molecular formula is C9H11NO4. The lowest BCUT2D eigenvalue weighted by molar-refractivity contribution is -0.136. The molecular weight excluding hydrogens is 186 g/mol. The molecule has 0 radical (unpaired) electrons. The van der Waals surface area contributed by atoms with Crippen LogP contribution in [0.1, 0.15) is 28.0 Å². The number of hydrogen-bond acceptors (Lipinski definition) is 2. The summed E-state index contributed by atoms with van der Waals surface area (Å²) in [6.07, 6.45) is 1.72. The molecule has 0 aliphatic heterocycles. The maximum absolute atomic E-state index is 10.8. The van der Waals surface area contributed by atoms with E-state index in [-0.39, 0.29) is 18.4 Å². The van der Waals surface area contributed by atoms with Crippen molar-refractivity contribution in [1.29, 1.82) is 0 Å². The number of aliphatic carboxylic acids is 1. The third-order valence-corrected chi connectivity index (χ3v) is 1.98. The van der Waals surface area contributed by atoms with Crippen molar-refractivity contribution in [3.63, 3.8) is 0 Å². The average molecular weight is 197 g/mol. The van der Waals surface area contributed by atoms with E-state index in [9.17, 15) is 9.59 Å². The monoisotopic (exact) mass is 197 g/mol. The van der Waals surface area contributed by atoms with Crippen molar-refractivity contribution >= 4 is 11.9 Å². The van der Waals surface area contributed by atoms with E-state index in [1.54, 1.807) is 13.1 Å². The van der Waals surface area contributed by atoms with E-state index in [1.165, 1.54) is 0 Å². The number of H-pyrrole nitrogens is 1. The molecule has 0 bridgehead atoms. The van der Waals surface area contributed by atoms with Crippen molar-refractivity contribution in [2.75, 3.05) is 0 Å². The molecule has 0 saturated carbocycles. The zero-order chi connectivity index (χ0) is 10.7. The average Bonchev–Trinajstić information content (AvgIpc) is 2.43. The second-order valence-corrected chi connectivity index (χ2v) is 3.01. The molecule has 0 aliphatic carbocycles. The Hall–Kier alpha value is -1.78. The fourth-order valence-corrected chi connectivity index (χ4v) is 1.32. The van der Waals surface area contributed by atoms with Crippen LogP contribution in [0.3, 0.4) is 0 Å². The Bertz CT molecular complexity index is 367. The van der Waals surface area contributed by atoms with Crippen molar-refractivity contribution in [3.8, 4) is 0 Å². The fourth-order valence-electron chi connectivity index (χ4n) is 1.32. The first-order valence-electron chi connectivity index (χ1n) is 4.14. The molecule has 3 N–H and O–H groups in total. The summed E-state index contributed by atoms with van der Waals surface area (Å²) in [5.74, 6) is -1.95. The Morgan fingerprint density at radius 3 is 2.57 bits per heavy atom. The number of aromatic amines is 1. The van der Waals surface area contributed by atoms with E-state index in [2.05, 4.69) is 4.98 Å². The van der Waals surface area contributed by atoms with Crippen LogP contribution >= 0.6 is 0 Å². The van der Waals surface area contributed by atoms with Crippen LogP contribution in [0.25, 0.3) is 0 Å². The van der Waals surface area contributed by atoms with Gasteiger partial charge in [0, 0.05) is 18.3 Å². The molecule has 76 valence electrons. The van der Waals surface area contributed by atoms with Gasteiger partial charge in [0.1, 0.15) is 0 Å². The van der Waals surface area contributed by atoms with Gasteiger partial charge in [-0.1, -0.05) is 0 Å². The summed E-state index contributed by atoms with van der Waals surface area (Å²) in [4.78, 5) is 23.9. The summed E-state index contributed by atoms with van der Waals surface area (Å²) in [7, 11) is 0. The van der Waals surface area contributed by atoms with E-state index >= 15 is 0 Å². The van der Waals surface area contributed by atoms with Gasteiger partial charge < -0.3 is 15.2 Å². The first-order valence-corrected chi connectivity index (χ1v) is 4.14. The lowest BCUT2D eigenvalue weighted by Crippen LogP contribution is -2.04. The molecule has 5 heteroatoms. The number of aryl methyl sites for hydroxylation is 2. The number of carboxylic acids is 2. The molecule has 0 aromatic carbocycles. The lowest BCUT2D eigenvalue weighted by Gasteiger charge is -1.98. The molecule has 0 unspecified atom stereocenters.